The number of halogens is 3. The number of ether oxygens (including phenoxy) is 1. The van der Waals surface area contributed by atoms with Gasteiger partial charge in [-0.05, 0) is 22.8 Å². The zero-order valence-corrected chi connectivity index (χ0v) is 18.9. The van der Waals surface area contributed by atoms with Gasteiger partial charge in [-0.3, -0.25) is 0 Å². The van der Waals surface area contributed by atoms with E-state index in [2.05, 4.69) is 15.3 Å². The molecule has 2 aromatic heterocycles. The van der Waals surface area contributed by atoms with Crippen LogP contribution in [0.25, 0.3) is 32.1 Å². The Balaban J connectivity index is 1.54. The molecule has 4 aromatic rings. The quantitative estimate of drug-likeness (QED) is 0.438. The molecule has 2 fully saturated rings. The molecule has 35 heavy (non-hydrogen) atoms. The number of fused-ring (bicyclic) bond motifs is 6. The largest absolute Gasteiger partial charge is 0.389 e. The summed E-state index contributed by atoms with van der Waals surface area (Å²) < 4.78 is 51.6. The second-order valence-corrected chi connectivity index (χ2v) is 10.0. The van der Waals surface area contributed by atoms with Crippen LogP contribution < -0.4 is 16.0 Å². The van der Waals surface area contributed by atoms with Crippen LogP contribution in [-0.2, 0) is 18.0 Å². The number of anilines is 2. The number of piperazine rings is 1. The summed E-state index contributed by atoms with van der Waals surface area (Å²) in [5.74, 6) is -0.659. The molecule has 0 saturated carbocycles. The lowest BCUT2D eigenvalue weighted by Gasteiger charge is -2.29. The van der Waals surface area contributed by atoms with Crippen LogP contribution in [0, 0.1) is 23.0 Å². The highest BCUT2D eigenvalue weighted by molar-refractivity contribution is 7.23. The van der Waals surface area contributed by atoms with E-state index in [1.807, 2.05) is 11.0 Å². The number of hydrogen-bond donors (Lipinski definition) is 2. The molecule has 0 unspecified atom stereocenters. The third-order valence-electron chi connectivity index (χ3n) is 7.32. The van der Waals surface area contributed by atoms with Gasteiger partial charge in [0.1, 0.15) is 40.7 Å². The highest BCUT2D eigenvalue weighted by atomic mass is 32.1. The van der Waals surface area contributed by atoms with Gasteiger partial charge in [-0.2, -0.15) is 5.26 Å². The molecule has 0 aliphatic carbocycles. The maximum Gasteiger partial charge on any atom is 0.157 e. The van der Waals surface area contributed by atoms with E-state index >= 15 is 4.39 Å². The number of nitrogen functional groups attached to an aromatic ring is 1. The van der Waals surface area contributed by atoms with Crippen LogP contribution >= 0.6 is 11.3 Å². The van der Waals surface area contributed by atoms with Gasteiger partial charge in [-0.25, -0.2) is 23.1 Å². The molecule has 2 saturated heterocycles. The molecule has 5 heterocycles. The fourth-order valence-corrected chi connectivity index (χ4v) is 6.71. The molecule has 11 heteroatoms. The summed E-state index contributed by atoms with van der Waals surface area (Å²) in [7, 11) is 0. The summed E-state index contributed by atoms with van der Waals surface area (Å²) in [6.07, 6.45) is 0.248. The van der Waals surface area contributed by atoms with Gasteiger partial charge in [0.25, 0.3) is 0 Å². The van der Waals surface area contributed by atoms with Crippen molar-refractivity contribution in [2.24, 2.45) is 0 Å². The maximum absolute atomic E-state index is 16.4. The third-order valence-corrected chi connectivity index (χ3v) is 8.35. The first-order valence-electron chi connectivity index (χ1n) is 11.1. The average molecular weight is 495 g/mol. The smallest absolute Gasteiger partial charge is 0.157 e. The number of nitrogens with two attached hydrogens (primary N) is 1. The summed E-state index contributed by atoms with van der Waals surface area (Å²) in [6, 6.07) is 4.08. The van der Waals surface area contributed by atoms with E-state index < -0.39 is 17.8 Å². The standard InChI is InChI=1S/C24H17F3N6OS/c25-13-2-1-9(17-10(3-28)23(29)35-22(13)17)16-11-6-34-7-12(11)18-21(20(16)27)31-8-32-24(18)33-5-14-19(26)15(33)4-30-14/h1-2,8,14-15,19,30H,4-7,29H2/t14-,15-,19-/m0/s1. The number of aromatic nitrogens is 2. The van der Waals surface area contributed by atoms with Gasteiger partial charge in [0.2, 0.25) is 0 Å². The molecule has 7 nitrogen and oxygen atoms in total. The fraction of sp³-hybridized carbons (Fsp3) is 0.292. The van der Waals surface area contributed by atoms with Crippen LogP contribution in [0.15, 0.2) is 18.5 Å². The predicted molar refractivity (Wildman–Crippen MR) is 126 cm³/mol. The van der Waals surface area contributed by atoms with Crippen LogP contribution in [0.1, 0.15) is 16.7 Å². The van der Waals surface area contributed by atoms with Crippen LogP contribution in [0.5, 0.6) is 0 Å². The van der Waals surface area contributed by atoms with Gasteiger partial charge in [0.15, 0.2) is 5.82 Å². The molecule has 0 spiro atoms. The molecule has 3 aliphatic heterocycles. The molecule has 3 aliphatic rings. The molecule has 2 aromatic carbocycles. The first kappa shape index (κ1) is 20.9. The lowest BCUT2D eigenvalue weighted by Crippen LogP contribution is -2.44. The van der Waals surface area contributed by atoms with E-state index in [-0.39, 0.29) is 57.0 Å². The topological polar surface area (TPSA) is 100 Å². The van der Waals surface area contributed by atoms with Crippen LogP contribution in [-0.4, -0.2) is 41.3 Å². The zero-order chi connectivity index (χ0) is 24.0. The van der Waals surface area contributed by atoms with Gasteiger partial charge in [-0.1, -0.05) is 6.07 Å². The lowest BCUT2D eigenvalue weighted by molar-refractivity contribution is 0.135. The molecule has 3 N–H and O–H groups in total. The molecule has 0 amide bonds. The Morgan fingerprint density at radius 2 is 2.03 bits per heavy atom. The minimum absolute atomic E-state index is 0.0829. The Hall–Kier alpha value is -3.46. The first-order valence-corrected chi connectivity index (χ1v) is 11.9. The number of benzene rings is 2. The Labute approximate surface area is 200 Å². The van der Waals surface area contributed by atoms with Crippen molar-refractivity contribution in [3.8, 4) is 17.2 Å². The van der Waals surface area contributed by atoms with Crippen molar-refractivity contribution in [3.63, 3.8) is 0 Å². The van der Waals surface area contributed by atoms with Gasteiger partial charge >= 0.3 is 0 Å². The van der Waals surface area contributed by atoms with Crippen molar-refractivity contribution in [2.45, 2.75) is 31.5 Å². The number of nitriles is 1. The highest BCUT2D eigenvalue weighted by Crippen LogP contribution is 2.47. The molecule has 176 valence electrons. The van der Waals surface area contributed by atoms with Gasteiger partial charge < -0.3 is 20.7 Å². The molecule has 3 atom stereocenters. The zero-order valence-electron chi connectivity index (χ0n) is 18.1. The van der Waals surface area contributed by atoms with Gasteiger partial charge in [0, 0.05) is 24.0 Å². The van der Waals surface area contributed by atoms with Crippen molar-refractivity contribution in [2.75, 3.05) is 23.7 Å². The van der Waals surface area contributed by atoms with Crippen LogP contribution in [0.2, 0.25) is 0 Å². The summed E-state index contributed by atoms with van der Waals surface area (Å²) in [5, 5.41) is 13.8. The molecule has 7 rings (SSSR count). The van der Waals surface area contributed by atoms with Crippen molar-refractivity contribution >= 4 is 43.1 Å². The number of nitrogens with zero attached hydrogens (tertiary/aromatic N) is 4. The van der Waals surface area contributed by atoms with Crippen LogP contribution in [0.3, 0.4) is 0 Å². The molecule has 2 bridgehead atoms. The van der Waals surface area contributed by atoms with Crippen molar-refractivity contribution in [1.29, 1.82) is 5.26 Å². The summed E-state index contributed by atoms with van der Waals surface area (Å²) in [6.45, 7) is 1.25. The number of alkyl halides is 1. The molecule has 0 radical (unpaired) electrons. The van der Waals surface area contributed by atoms with E-state index in [0.717, 1.165) is 16.9 Å². The van der Waals surface area contributed by atoms with Crippen molar-refractivity contribution in [3.05, 3.63) is 46.8 Å². The highest BCUT2D eigenvalue weighted by Gasteiger charge is 2.48. The Bertz CT molecular complexity index is 1620. The van der Waals surface area contributed by atoms with Crippen molar-refractivity contribution in [1.82, 2.24) is 15.3 Å². The monoisotopic (exact) mass is 494 g/mol. The van der Waals surface area contributed by atoms with Crippen molar-refractivity contribution < 1.29 is 17.9 Å². The predicted octanol–water partition coefficient (Wildman–Crippen LogP) is 3.77. The third kappa shape index (κ3) is 2.67. The minimum atomic E-state index is -1.03. The fourth-order valence-electron chi connectivity index (χ4n) is 5.76. The van der Waals surface area contributed by atoms with E-state index in [9.17, 15) is 14.0 Å². The SMILES string of the molecule is N#Cc1c(N)sc2c(F)ccc(-c3c4c(c5c(N6C[C@@H]7NC[C@H]6[C@H]7F)ncnc5c3F)COC4)c12. The van der Waals surface area contributed by atoms with Gasteiger partial charge in [0.05, 0.1) is 40.9 Å². The summed E-state index contributed by atoms with van der Waals surface area (Å²) in [4.78, 5) is 10.6. The van der Waals surface area contributed by atoms with E-state index in [4.69, 9.17) is 10.5 Å². The summed E-state index contributed by atoms with van der Waals surface area (Å²) in [5.41, 5.74) is 8.08. The Morgan fingerprint density at radius 3 is 2.77 bits per heavy atom. The Morgan fingerprint density at radius 1 is 1.20 bits per heavy atom. The number of rotatable bonds is 2. The number of hydrogen-bond acceptors (Lipinski definition) is 8. The average Bonchev–Trinajstić information content (AvgIpc) is 3.63. The second-order valence-electron chi connectivity index (χ2n) is 8.99. The molecular weight excluding hydrogens is 477 g/mol. The second kappa shape index (κ2) is 7.27. The number of thiophene rings is 1. The van der Waals surface area contributed by atoms with E-state index in [1.54, 1.807) is 0 Å². The summed E-state index contributed by atoms with van der Waals surface area (Å²) >= 11 is 0.961. The lowest BCUT2D eigenvalue weighted by atomic mass is 9.90. The van der Waals surface area contributed by atoms with Gasteiger partial charge in [-0.15, -0.1) is 11.3 Å². The number of nitrogens with one attached hydrogen (secondary N) is 1. The maximum atomic E-state index is 16.4. The molecular formula is C24H17F3N6OS. The first-order chi connectivity index (χ1) is 17.0. The Kier molecular flexibility index (Phi) is 4.34. The minimum Gasteiger partial charge on any atom is -0.389 e. The van der Waals surface area contributed by atoms with Crippen LogP contribution in [0.4, 0.5) is 24.0 Å². The van der Waals surface area contributed by atoms with E-state index in [0.29, 0.717) is 35.4 Å². The van der Waals surface area contributed by atoms with E-state index in [1.165, 1.54) is 18.5 Å². The normalized spacial score (nSPS) is 22.9.